The van der Waals surface area contributed by atoms with Gasteiger partial charge in [0.05, 0.1) is 11.0 Å². The van der Waals surface area contributed by atoms with Gasteiger partial charge < -0.3 is 20.3 Å². The fourth-order valence-corrected chi connectivity index (χ4v) is 8.14. The number of hydrogen-bond donors (Lipinski definition) is 3. The molecule has 15 heteroatoms. The molecule has 1 aromatic rings. The van der Waals surface area contributed by atoms with E-state index in [9.17, 15) is 27.6 Å². The topological polar surface area (TPSA) is 160 Å². The molecule has 0 radical (unpaired) electrons. The standard InChI is InChI=1S/C33H45BrN4O8S2/c1-31(2,3)45-30(42)35-25-11-9-7-5-6-8-10-21-19-33(21,29(41)37-47-32(4)16-17-32)36-27(39)26-18-23(20-38(26)28(25)40)46-48(43,44)24-14-12-22(34)13-15-24/h8,10,12-15,21,23,25-26H,5-7,9,11,16-20H2,1-4H3,(H,35,42)(H,36,39)(H,37,41)/b10-8-/t21?,23-,25-,26-,33+/m0/s1. The van der Waals surface area contributed by atoms with E-state index in [1.54, 1.807) is 32.9 Å². The number of hydrogen-bond acceptors (Lipinski definition) is 9. The highest BCUT2D eigenvalue weighted by molar-refractivity contribution is 9.10. The summed E-state index contributed by atoms with van der Waals surface area (Å²) >= 11 is 4.66. The molecule has 4 aliphatic rings. The van der Waals surface area contributed by atoms with Crippen molar-refractivity contribution in [2.24, 2.45) is 5.92 Å². The van der Waals surface area contributed by atoms with Gasteiger partial charge in [0.2, 0.25) is 11.8 Å². The van der Waals surface area contributed by atoms with Crippen LogP contribution < -0.4 is 15.4 Å². The number of benzene rings is 1. The molecular weight excluding hydrogens is 724 g/mol. The Hall–Kier alpha value is -2.62. The molecule has 0 spiro atoms. The molecule has 2 aliphatic heterocycles. The number of halogens is 1. The summed E-state index contributed by atoms with van der Waals surface area (Å²) in [5.41, 5.74) is -2.00. The summed E-state index contributed by atoms with van der Waals surface area (Å²) in [6.45, 7) is 7.01. The monoisotopic (exact) mass is 768 g/mol. The van der Waals surface area contributed by atoms with E-state index in [1.807, 2.05) is 12.2 Å². The Kier molecular flexibility index (Phi) is 10.9. The van der Waals surface area contributed by atoms with Crippen molar-refractivity contribution in [1.29, 1.82) is 0 Å². The highest BCUT2D eigenvalue weighted by Crippen LogP contribution is 2.49. The summed E-state index contributed by atoms with van der Waals surface area (Å²) in [5, 5.41) is 5.65. The number of alkyl carbamates (subject to hydrolysis) is 1. The van der Waals surface area contributed by atoms with Crippen LogP contribution in [-0.4, -0.2) is 77.8 Å². The van der Waals surface area contributed by atoms with Crippen molar-refractivity contribution < 1.29 is 36.5 Å². The molecule has 3 fully saturated rings. The van der Waals surface area contributed by atoms with Gasteiger partial charge in [0, 0.05) is 28.1 Å². The quantitative estimate of drug-likeness (QED) is 0.203. The molecule has 264 valence electrons. The Morgan fingerprint density at radius 2 is 1.81 bits per heavy atom. The number of amides is 4. The van der Waals surface area contributed by atoms with Gasteiger partial charge in [-0.1, -0.05) is 40.9 Å². The molecule has 5 atom stereocenters. The molecular formula is C33H45BrN4O8S2. The molecule has 1 saturated heterocycles. The molecule has 1 aromatic carbocycles. The molecule has 2 heterocycles. The fraction of sp³-hybridized carbons (Fsp3) is 0.636. The minimum Gasteiger partial charge on any atom is -0.444 e. The average molecular weight is 770 g/mol. The number of allylic oxidation sites excluding steroid dienone is 1. The van der Waals surface area contributed by atoms with Crippen molar-refractivity contribution in [1.82, 2.24) is 20.3 Å². The maximum Gasteiger partial charge on any atom is 0.408 e. The molecule has 1 unspecified atom stereocenters. The van der Waals surface area contributed by atoms with Crippen LogP contribution in [0.1, 0.15) is 85.5 Å². The van der Waals surface area contributed by atoms with E-state index >= 15 is 0 Å². The molecule has 4 amide bonds. The Labute approximate surface area is 295 Å². The van der Waals surface area contributed by atoms with E-state index in [-0.39, 0.29) is 34.4 Å². The van der Waals surface area contributed by atoms with E-state index in [4.69, 9.17) is 8.92 Å². The number of nitrogens with zero attached hydrogens (tertiary/aromatic N) is 1. The van der Waals surface area contributed by atoms with Crippen LogP contribution >= 0.6 is 27.9 Å². The predicted octanol–water partition coefficient (Wildman–Crippen LogP) is 4.73. The van der Waals surface area contributed by atoms with Crippen LogP contribution in [0.4, 0.5) is 4.79 Å². The van der Waals surface area contributed by atoms with E-state index in [1.165, 1.54) is 29.0 Å². The van der Waals surface area contributed by atoms with Gasteiger partial charge in [0.15, 0.2) is 0 Å². The molecule has 2 saturated carbocycles. The van der Waals surface area contributed by atoms with Crippen LogP contribution in [0.15, 0.2) is 45.8 Å². The minimum absolute atomic E-state index is 0.0218. The molecule has 0 bridgehead atoms. The van der Waals surface area contributed by atoms with Crippen LogP contribution in [0.25, 0.3) is 0 Å². The van der Waals surface area contributed by atoms with Crippen LogP contribution in [0.2, 0.25) is 0 Å². The minimum atomic E-state index is -4.25. The lowest BCUT2D eigenvalue weighted by Crippen LogP contribution is -2.57. The van der Waals surface area contributed by atoms with Gasteiger partial charge in [0.1, 0.15) is 23.2 Å². The molecule has 0 aromatic heterocycles. The first-order valence-corrected chi connectivity index (χ1v) is 19.5. The average Bonchev–Trinajstić information content (AvgIpc) is 3.86. The Morgan fingerprint density at radius 3 is 2.48 bits per heavy atom. The molecule has 3 N–H and O–H groups in total. The SMILES string of the molecule is CC(C)(C)OC(=O)N[C@H]1CCCCC/C=C\C2C[C@@]2(C(=O)NSC2(C)CC2)NC(=O)[C@@H]2C[C@H](OS(=O)(=O)c3ccc(Br)cc3)CN2C1=O. The van der Waals surface area contributed by atoms with Crippen molar-refractivity contribution in [3.8, 4) is 0 Å². The third kappa shape index (κ3) is 9.13. The zero-order chi connectivity index (χ0) is 34.9. The van der Waals surface area contributed by atoms with Gasteiger partial charge in [-0.3, -0.25) is 23.3 Å². The first-order chi connectivity index (χ1) is 22.5. The summed E-state index contributed by atoms with van der Waals surface area (Å²) < 4.78 is 41.2. The second-order valence-corrected chi connectivity index (χ2v) is 18.3. The number of fused-ring (bicyclic) bond motifs is 2. The van der Waals surface area contributed by atoms with E-state index in [0.717, 1.165) is 32.1 Å². The van der Waals surface area contributed by atoms with Crippen molar-refractivity contribution in [3.63, 3.8) is 0 Å². The highest BCUT2D eigenvalue weighted by atomic mass is 79.9. The normalized spacial score (nSPS) is 29.6. The number of carbonyl (C=O) groups excluding carboxylic acids is 4. The van der Waals surface area contributed by atoms with Crippen LogP contribution in [0, 0.1) is 5.92 Å². The second kappa shape index (κ2) is 14.3. The van der Waals surface area contributed by atoms with Gasteiger partial charge in [0.25, 0.3) is 16.0 Å². The smallest absolute Gasteiger partial charge is 0.408 e. The lowest BCUT2D eigenvalue weighted by atomic mass is 10.0. The zero-order valence-electron chi connectivity index (χ0n) is 27.8. The lowest BCUT2D eigenvalue weighted by Gasteiger charge is -2.30. The zero-order valence-corrected chi connectivity index (χ0v) is 31.0. The summed E-state index contributed by atoms with van der Waals surface area (Å²) in [6.07, 6.45) is 7.74. The van der Waals surface area contributed by atoms with Crippen LogP contribution in [-0.2, 0) is 33.4 Å². The molecule has 48 heavy (non-hydrogen) atoms. The number of rotatable bonds is 7. The number of ether oxygens (including phenoxy) is 1. The third-order valence-electron chi connectivity index (χ3n) is 9.04. The number of carbonyl (C=O) groups is 4. The maximum atomic E-state index is 14.2. The summed E-state index contributed by atoms with van der Waals surface area (Å²) in [4.78, 5) is 56.0. The Bertz CT molecular complexity index is 1540. The Morgan fingerprint density at radius 1 is 1.10 bits per heavy atom. The van der Waals surface area contributed by atoms with Crippen LogP contribution in [0.3, 0.4) is 0 Å². The van der Waals surface area contributed by atoms with Crippen molar-refractivity contribution in [3.05, 3.63) is 40.9 Å². The van der Waals surface area contributed by atoms with Crippen molar-refractivity contribution in [2.45, 2.75) is 124 Å². The lowest BCUT2D eigenvalue weighted by molar-refractivity contribution is -0.141. The fourth-order valence-electron chi connectivity index (χ4n) is 5.97. The van der Waals surface area contributed by atoms with Crippen molar-refractivity contribution >= 4 is 61.8 Å². The van der Waals surface area contributed by atoms with Crippen molar-refractivity contribution in [2.75, 3.05) is 6.54 Å². The number of nitrogens with one attached hydrogen (secondary N) is 3. The van der Waals surface area contributed by atoms with E-state index in [0.29, 0.717) is 23.7 Å². The first-order valence-electron chi connectivity index (χ1n) is 16.5. The maximum absolute atomic E-state index is 14.2. The highest BCUT2D eigenvalue weighted by Gasteiger charge is 2.61. The summed E-state index contributed by atoms with van der Waals surface area (Å²) in [7, 11) is -4.25. The van der Waals surface area contributed by atoms with Gasteiger partial charge >= 0.3 is 6.09 Å². The molecule has 12 nitrogen and oxygen atoms in total. The first kappa shape index (κ1) is 36.7. The third-order valence-corrected chi connectivity index (χ3v) is 12.1. The van der Waals surface area contributed by atoms with E-state index < -0.39 is 57.4 Å². The van der Waals surface area contributed by atoms with Gasteiger partial charge in [-0.2, -0.15) is 8.42 Å². The summed E-state index contributed by atoms with van der Waals surface area (Å²) in [6, 6.07) is 3.76. The van der Waals surface area contributed by atoms with Gasteiger partial charge in [-0.05, 0) is 102 Å². The Balaban J connectivity index is 1.42. The molecule has 5 rings (SSSR count). The molecule has 2 aliphatic carbocycles. The predicted molar refractivity (Wildman–Crippen MR) is 184 cm³/mol. The van der Waals surface area contributed by atoms with Gasteiger partial charge in [-0.15, -0.1) is 0 Å². The second-order valence-electron chi connectivity index (χ2n) is 14.4. The van der Waals surface area contributed by atoms with E-state index in [2.05, 4.69) is 38.2 Å². The van der Waals surface area contributed by atoms with Gasteiger partial charge in [-0.25, -0.2) is 4.79 Å². The largest absolute Gasteiger partial charge is 0.444 e. The summed E-state index contributed by atoms with van der Waals surface area (Å²) in [5.74, 6) is -1.67. The van der Waals surface area contributed by atoms with Crippen LogP contribution in [0.5, 0.6) is 0 Å².